The number of unbranched alkanes of at least 4 members (excludes halogenated alkanes) is 7. The van der Waals surface area contributed by atoms with Crippen LogP contribution in [0.2, 0.25) is 0 Å². The molecule has 1 aromatic rings. The number of benzene rings is 1. The van der Waals surface area contributed by atoms with Gasteiger partial charge in [0.1, 0.15) is 6.54 Å². The van der Waals surface area contributed by atoms with E-state index in [1.54, 1.807) is 0 Å². The van der Waals surface area contributed by atoms with Gasteiger partial charge in [0.15, 0.2) is 0 Å². The van der Waals surface area contributed by atoms with E-state index >= 15 is 0 Å². The average Bonchev–Trinajstić information content (AvgIpc) is 2.50. The van der Waals surface area contributed by atoms with E-state index in [0.717, 1.165) is 11.0 Å². The van der Waals surface area contributed by atoms with Crippen LogP contribution in [0, 0.1) is 0 Å². The molecule has 0 saturated heterocycles. The second-order valence-corrected chi connectivity index (χ2v) is 8.12. The van der Waals surface area contributed by atoms with E-state index in [9.17, 15) is 0 Å². The highest BCUT2D eigenvalue weighted by atomic mass is 16.0. The fourth-order valence-electron chi connectivity index (χ4n) is 2.83. The Bertz CT molecular complexity index is 382. The van der Waals surface area contributed by atoms with Gasteiger partial charge in [-0.05, 0) is 34.0 Å². The molecule has 0 heterocycles. The molecule has 1 rings (SSSR count). The predicted molar refractivity (Wildman–Crippen MR) is 122 cm³/mol. The first kappa shape index (κ1) is 33.6. The van der Waals surface area contributed by atoms with Crippen molar-refractivity contribution in [3.8, 4) is 0 Å². The summed E-state index contributed by atoms with van der Waals surface area (Å²) in [6.07, 6.45) is 11.3. The lowest BCUT2D eigenvalue weighted by molar-refractivity contribution is -0.903. The van der Waals surface area contributed by atoms with Gasteiger partial charge in [-0.1, -0.05) is 75.8 Å². The number of nitrogens with zero attached hydrogens (tertiary/aromatic N) is 2. The maximum atomic E-state index is 2.36. The van der Waals surface area contributed by atoms with Crippen molar-refractivity contribution in [2.45, 2.75) is 64.8 Å². The quantitative estimate of drug-likeness (QED) is 0.456. The summed E-state index contributed by atoms with van der Waals surface area (Å²) in [6.45, 7) is 4.73. The minimum atomic E-state index is 0. The van der Waals surface area contributed by atoms with Crippen molar-refractivity contribution in [1.29, 1.82) is 0 Å². The van der Waals surface area contributed by atoms with Gasteiger partial charge in [0.2, 0.25) is 0 Å². The van der Waals surface area contributed by atoms with Crippen molar-refractivity contribution in [3.63, 3.8) is 0 Å². The molecule has 0 spiro atoms. The fourth-order valence-corrected chi connectivity index (χ4v) is 2.83. The zero-order chi connectivity index (χ0) is 18.3. The Labute approximate surface area is 169 Å². The first-order valence-corrected chi connectivity index (χ1v) is 9.84. The van der Waals surface area contributed by atoms with Gasteiger partial charge in [0.25, 0.3) is 0 Å². The lowest BCUT2D eigenvalue weighted by atomic mass is 10.1. The Hall–Kier alpha value is -0.980. The summed E-state index contributed by atoms with van der Waals surface area (Å²) in [6, 6.07) is 10.9. The van der Waals surface area contributed by atoms with E-state index in [2.05, 4.69) is 51.4 Å². The van der Waals surface area contributed by atoms with Crippen molar-refractivity contribution >= 4 is 0 Å². The maximum Gasteiger partial charge on any atom is 0.104 e. The van der Waals surface area contributed by atoms with E-state index in [-0.39, 0.29) is 17.1 Å². The Kier molecular flexibility index (Phi) is 26.5. The van der Waals surface area contributed by atoms with Crippen LogP contribution in [0.3, 0.4) is 0 Å². The standard InChI is InChI=1S/C19H34N.C3H9N.H3N.2H2O/c1-4-5-6-7-8-9-10-14-17-20(2,3)18-19-15-12-11-13-16-19;1-4(2)3;;;/h11-13,15-16H,4-10,14,17-18H2,1-3H3;1-3H3;1H3;2*1H2/q+1;;;;. The van der Waals surface area contributed by atoms with Gasteiger partial charge < -0.3 is 26.5 Å². The molecular formula is C22H50N3O2+. The summed E-state index contributed by atoms with van der Waals surface area (Å²) < 4.78 is 1.11. The summed E-state index contributed by atoms with van der Waals surface area (Å²) >= 11 is 0. The van der Waals surface area contributed by atoms with Crippen molar-refractivity contribution < 1.29 is 15.4 Å². The minimum Gasteiger partial charge on any atom is -0.412 e. The van der Waals surface area contributed by atoms with Gasteiger partial charge in [0, 0.05) is 5.56 Å². The molecule has 0 aliphatic rings. The molecule has 5 heteroatoms. The second-order valence-electron chi connectivity index (χ2n) is 8.12. The topological polar surface area (TPSA) is 101 Å². The van der Waals surface area contributed by atoms with Crippen LogP contribution < -0.4 is 6.15 Å². The number of hydrogen-bond donors (Lipinski definition) is 1. The summed E-state index contributed by atoms with van der Waals surface area (Å²) in [4.78, 5) is 2.00. The number of hydrogen-bond acceptors (Lipinski definition) is 2. The molecule has 0 aromatic heterocycles. The molecule has 0 radical (unpaired) electrons. The van der Waals surface area contributed by atoms with Crippen molar-refractivity contribution in [3.05, 3.63) is 35.9 Å². The van der Waals surface area contributed by atoms with E-state index < -0.39 is 0 Å². The fraction of sp³-hybridized carbons (Fsp3) is 0.727. The lowest BCUT2D eigenvalue weighted by Crippen LogP contribution is -2.39. The Balaban J connectivity index is -0.000000344. The largest absolute Gasteiger partial charge is 0.412 e. The van der Waals surface area contributed by atoms with Gasteiger partial charge in [0.05, 0.1) is 20.6 Å². The molecule has 0 bridgehead atoms. The molecular weight excluding hydrogens is 338 g/mol. The smallest absolute Gasteiger partial charge is 0.104 e. The Morgan fingerprint density at radius 2 is 1.15 bits per heavy atom. The van der Waals surface area contributed by atoms with E-state index in [1.165, 1.54) is 63.5 Å². The predicted octanol–water partition coefficient (Wildman–Crippen LogP) is 4.09. The van der Waals surface area contributed by atoms with Crippen LogP contribution in [0.5, 0.6) is 0 Å². The van der Waals surface area contributed by atoms with Crippen LogP contribution in [0.4, 0.5) is 0 Å². The molecule has 0 amide bonds. The molecule has 0 aliphatic heterocycles. The first-order valence-electron chi connectivity index (χ1n) is 9.84. The molecule has 7 N–H and O–H groups in total. The van der Waals surface area contributed by atoms with Crippen LogP contribution in [0.25, 0.3) is 0 Å². The van der Waals surface area contributed by atoms with Crippen LogP contribution in [-0.4, -0.2) is 62.1 Å². The Morgan fingerprint density at radius 1 is 0.741 bits per heavy atom. The van der Waals surface area contributed by atoms with Crippen LogP contribution in [0.15, 0.2) is 30.3 Å². The lowest BCUT2D eigenvalue weighted by Gasteiger charge is -2.30. The van der Waals surface area contributed by atoms with Crippen LogP contribution in [0.1, 0.15) is 63.9 Å². The van der Waals surface area contributed by atoms with Gasteiger partial charge >= 0.3 is 0 Å². The average molecular weight is 389 g/mol. The molecule has 0 saturated carbocycles. The van der Waals surface area contributed by atoms with Gasteiger partial charge in [-0.15, -0.1) is 0 Å². The zero-order valence-electron chi connectivity index (χ0n) is 19.1. The van der Waals surface area contributed by atoms with E-state index in [4.69, 9.17) is 0 Å². The summed E-state index contributed by atoms with van der Waals surface area (Å²) in [5, 5.41) is 0. The third kappa shape index (κ3) is 25.0. The van der Waals surface area contributed by atoms with E-state index in [0.29, 0.717) is 0 Å². The van der Waals surface area contributed by atoms with Crippen LogP contribution >= 0.6 is 0 Å². The van der Waals surface area contributed by atoms with Gasteiger partial charge in [-0.2, -0.15) is 0 Å². The van der Waals surface area contributed by atoms with Crippen molar-refractivity contribution in [2.75, 3.05) is 41.8 Å². The maximum absolute atomic E-state index is 2.36. The SMILES string of the molecule is CCCCCCCCCC[N+](C)(C)Cc1ccccc1.CN(C)C.N.O.O. The van der Waals surface area contributed by atoms with Crippen molar-refractivity contribution in [1.82, 2.24) is 11.1 Å². The molecule has 0 fully saturated rings. The van der Waals surface area contributed by atoms with Crippen LogP contribution in [-0.2, 0) is 6.54 Å². The zero-order valence-corrected chi connectivity index (χ0v) is 19.1. The highest BCUT2D eigenvalue weighted by molar-refractivity contribution is 5.13. The van der Waals surface area contributed by atoms with Gasteiger partial charge in [-0.3, -0.25) is 0 Å². The number of rotatable bonds is 11. The highest BCUT2D eigenvalue weighted by Crippen LogP contribution is 2.13. The molecule has 5 nitrogen and oxygen atoms in total. The molecule has 1 aromatic carbocycles. The summed E-state index contributed by atoms with van der Waals surface area (Å²) in [5.74, 6) is 0. The minimum absolute atomic E-state index is 0. The second kappa shape index (κ2) is 21.3. The third-order valence-corrected chi connectivity index (χ3v) is 4.07. The Morgan fingerprint density at radius 3 is 1.59 bits per heavy atom. The molecule has 0 aliphatic carbocycles. The van der Waals surface area contributed by atoms with Crippen molar-refractivity contribution in [2.24, 2.45) is 0 Å². The highest BCUT2D eigenvalue weighted by Gasteiger charge is 2.14. The number of quaternary nitrogens is 1. The molecule has 0 unspecified atom stereocenters. The molecule has 0 atom stereocenters. The summed E-state index contributed by atoms with van der Waals surface area (Å²) in [5.41, 5.74) is 1.46. The molecule has 164 valence electrons. The summed E-state index contributed by atoms with van der Waals surface area (Å²) in [7, 11) is 10.7. The monoisotopic (exact) mass is 388 g/mol. The first-order chi connectivity index (χ1) is 11.4. The van der Waals surface area contributed by atoms with E-state index in [1.807, 2.05) is 26.0 Å². The normalized spacial score (nSPS) is 10.0. The molecule has 27 heavy (non-hydrogen) atoms. The third-order valence-electron chi connectivity index (χ3n) is 4.07. The van der Waals surface area contributed by atoms with Gasteiger partial charge in [-0.25, -0.2) is 0 Å².